The lowest BCUT2D eigenvalue weighted by Crippen LogP contribution is -2.28. The second kappa shape index (κ2) is 53.5. The number of hydrogen-bond donors (Lipinski definition) is 1. The molecule has 0 aliphatic carbocycles. The Morgan fingerprint density at radius 2 is 0.645 bits per heavy atom. The molecule has 364 valence electrons. The highest BCUT2D eigenvalue weighted by Crippen LogP contribution is 2.17. The Morgan fingerprint density at radius 3 is 1.00 bits per heavy atom. The van der Waals surface area contributed by atoms with E-state index in [1.807, 2.05) is 0 Å². The molecule has 0 bridgehead atoms. The fraction of sp³-hybridized carbons (Fsp3) is 0.860. The van der Waals surface area contributed by atoms with Crippen LogP contribution in [0.15, 0.2) is 36.5 Å². The zero-order chi connectivity index (χ0) is 44.9. The van der Waals surface area contributed by atoms with Crippen molar-refractivity contribution < 1.29 is 24.2 Å². The van der Waals surface area contributed by atoms with Gasteiger partial charge in [-0.25, -0.2) is 0 Å². The topological polar surface area (TPSA) is 72.8 Å². The largest absolute Gasteiger partial charge is 0.462 e. The number of carbonyl (C=O) groups excluding carboxylic acids is 2. The van der Waals surface area contributed by atoms with Gasteiger partial charge < -0.3 is 14.6 Å². The van der Waals surface area contributed by atoms with Crippen LogP contribution in [-0.4, -0.2) is 36.4 Å². The molecular formula is C57H106O5. The minimum absolute atomic E-state index is 0.0679. The zero-order valence-electron chi connectivity index (χ0n) is 41.6. The van der Waals surface area contributed by atoms with Crippen molar-refractivity contribution in [3.8, 4) is 0 Å². The molecule has 1 N–H and O–H groups in total. The van der Waals surface area contributed by atoms with E-state index in [1.54, 1.807) is 0 Å². The Morgan fingerprint density at radius 1 is 0.371 bits per heavy atom. The van der Waals surface area contributed by atoms with Crippen molar-refractivity contribution in [1.82, 2.24) is 0 Å². The monoisotopic (exact) mass is 871 g/mol. The molecule has 1 atom stereocenters. The van der Waals surface area contributed by atoms with Gasteiger partial charge in [0.15, 0.2) is 6.10 Å². The summed E-state index contributed by atoms with van der Waals surface area (Å²) in [5, 5.41) is 9.61. The Bertz CT molecular complexity index is 986. The highest BCUT2D eigenvalue weighted by atomic mass is 16.6. The summed E-state index contributed by atoms with van der Waals surface area (Å²) in [6.45, 7) is 4.13. The van der Waals surface area contributed by atoms with Crippen LogP contribution in [0.4, 0.5) is 0 Å². The Hall–Kier alpha value is -1.88. The van der Waals surface area contributed by atoms with E-state index in [-0.39, 0.29) is 25.2 Å². The quantitative estimate of drug-likeness (QED) is 0.0374. The minimum Gasteiger partial charge on any atom is -0.462 e. The minimum atomic E-state index is -0.777. The van der Waals surface area contributed by atoms with Crippen molar-refractivity contribution in [3.05, 3.63) is 36.5 Å². The van der Waals surface area contributed by atoms with Gasteiger partial charge >= 0.3 is 11.9 Å². The van der Waals surface area contributed by atoms with Gasteiger partial charge in [-0.1, -0.05) is 249 Å². The molecule has 0 rings (SSSR count). The number of ether oxygens (including phenoxy) is 2. The summed E-state index contributed by atoms with van der Waals surface area (Å²) in [6.07, 6.45) is 68.4. The van der Waals surface area contributed by atoms with Crippen molar-refractivity contribution in [3.63, 3.8) is 0 Å². The normalized spacial score (nSPS) is 12.4. The van der Waals surface area contributed by atoms with Crippen LogP contribution in [0.25, 0.3) is 0 Å². The molecule has 0 saturated heterocycles. The van der Waals surface area contributed by atoms with Crippen LogP contribution < -0.4 is 0 Å². The van der Waals surface area contributed by atoms with Gasteiger partial charge in [-0.05, 0) is 70.6 Å². The molecule has 0 saturated carbocycles. The molecule has 62 heavy (non-hydrogen) atoms. The van der Waals surface area contributed by atoms with E-state index in [1.165, 1.54) is 218 Å². The van der Waals surface area contributed by atoms with Crippen LogP contribution in [0.2, 0.25) is 0 Å². The molecule has 0 aromatic heterocycles. The molecule has 0 aliphatic heterocycles. The average molecular weight is 871 g/mol. The summed E-state index contributed by atoms with van der Waals surface area (Å²) in [6, 6.07) is 0. The summed E-state index contributed by atoms with van der Waals surface area (Å²) in [4.78, 5) is 24.4. The summed E-state index contributed by atoms with van der Waals surface area (Å²) in [5.41, 5.74) is 0. The van der Waals surface area contributed by atoms with Gasteiger partial charge in [0.05, 0.1) is 6.61 Å². The SMILES string of the molecule is CCCCC/C=C\C/C=C\CCCCCCCC(=O)OC(CO)COC(=O)CCCCCCCCCCCCCCCCCCCCCCC/C=C\CCCCCCCCCC. The first-order valence-corrected chi connectivity index (χ1v) is 27.5. The summed E-state index contributed by atoms with van der Waals surface area (Å²) in [7, 11) is 0. The number of aliphatic hydroxyl groups is 1. The van der Waals surface area contributed by atoms with Crippen LogP contribution in [0.1, 0.15) is 296 Å². The number of rotatable bonds is 51. The van der Waals surface area contributed by atoms with Crippen LogP contribution in [0, 0.1) is 0 Å². The molecule has 0 heterocycles. The molecule has 0 amide bonds. The third kappa shape index (κ3) is 50.8. The number of esters is 2. The molecule has 1 unspecified atom stereocenters. The summed E-state index contributed by atoms with van der Waals surface area (Å²) >= 11 is 0. The van der Waals surface area contributed by atoms with Gasteiger partial charge in [0, 0.05) is 12.8 Å². The highest BCUT2D eigenvalue weighted by Gasteiger charge is 2.16. The van der Waals surface area contributed by atoms with Crippen LogP contribution >= 0.6 is 0 Å². The number of unbranched alkanes of at least 4 members (excludes halogenated alkanes) is 37. The number of allylic oxidation sites excluding steroid dienone is 6. The van der Waals surface area contributed by atoms with Crippen LogP contribution in [0.5, 0.6) is 0 Å². The van der Waals surface area contributed by atoms with Crippen LogP contribution in [-0.2, 0) is 19.1 Å². The molecule has 5 heteroatoms. The second-order valence-electron chi connectivity index (χ2n) is 18.7. The van der Waals surface area contributed by atoms with E-state index in [0.717, 1.165) is 51.4 Å². The lowest BCUT2D eigenvalue weighted by atomic mass is 10.0. The maximum atomic E-state index is 12.2. The summed E-state index contributed by atoms with van der Waals surface area (Å²) in [5.74, 6) is -0.594. The standard InChI is InChI=1S/C57H106O5/c1-3-5-7-9-11-13-15-17-19-20-21-22-23-24-25-26-27-28-29-30-31-32-33-34-35-36-38-39-41-43-45-47-49-51-56(59)61-54-55(53-58)62-57(60)52-50-48-46-44-42-40-37-18-16-14-12-10-8-6-4-2/h12,14,18,20-21,37,55,58H,3-11,13,15-17,19,22-36,38-54H2,1-2H3/b14-12-,21-20-,37-18-. The van der Waals surface area contributed by atoms with Crippen molar-refractivity contribution in [1.29, 1.82) is 0 Å². The van der Waals surface area contributed by atoms with E-state index < -0.39 is 6.10 Å². The van der Waals surface area contributed by atoms with Crippen molar-refractivity contribution in [2.24, 2.45) is 0 Å². The smallest absolute Gasteiger partial charge is 0.306 e. The van der Waals surface area contributed by atoms with Gasteiger partial charge in [0.2, 0.25) is 0 Å². The Labute approximate surface area is 386 Å². The van der Waals surface area contributed by atoms with Crippen molar-refractivity contribution in [2.75, 3.05) is 13.2 Å². The first-order valence-electron chi connectivity index (χ1n) is 27.5. The molecule has 0 aromatic carbocycles. The maximum absolute atomic E-state index is 12.2. The maximum Gasteiger partial charge on any atom is 0.306 e. The predicted octanol–water partition coefficient (Wildman–Crippen LogP) is 18.3. The zero-order valence-corrected chi connectivity index (χ0v) is 41.6. The van der Waals surface area contributed by atoms with Crippen molar-refractivity contribution in [2.45, 2.75) is 302 Å². The van der Waals surface area contributed by atoms with E-state index in [0.29, 0.717) is 12.8 Å². The van der Waals surface area contributed by atoms with Gasteiger partial charge in [-0.15, -0.1) is 0 Å². The number of hydrogen-bond acceptors (Lipinski definition) is 5. The summed E-state index contributed by atoms with van der Waals surface area (Å²) < 4.78 is 10.7. The molecule has 0 spiro atoms. The van der Waals surface area contributed by atoms with Gasteiger partial charge in [-0.3, -0.25) is 9.59 Å². The van der Waals surface area contributed by atoms with Crippen LogP contribution in [0.3, 0.4) is 0 Å². The van der Waals surface area contributed by atoms with Gasteiger partial charge in [0.1, 0.15) is 6.61 Å². The molecule has 0 aliphatic rings. The second-order valence-corrected chi connectivity index (χ2v) is 18.7. The van der Waals surface area contributed by atoms with Gasteiger partial charge in [-0.2, -0.15) is 0 Å². The van der Waals surface area contributed by atoms with E-state index >= 15 is 0 Å². The highest BCUT2D eigenvalue weighted by molar-refractivity contribution is 5.70. The fourth-order valence-electron chi connectivity index (χ4n) is 8.23. The molecular weight excluding hydrogens is 765 g/mol. The average Bonchev–Trinajstić information content (AvgIpc) is 3.28. The third-order valence-electron chi connectivity index (χ3n) is 12.4. The first-order chi connectivity index (χ1) is 30.6. The lowest BCUT2D eigenvalue weighted by molar-refractivity contribution is -0.161. The molecule has 5 nitrogen and oxygen atoms in total. The Kier molecular flexibility index (Phi) is 51.8. The molecule has 0 fully saturated rings. The predicted molar refractivity (Wildman–Crippen MR) is 270 cm³/mol. The first kappa shape index (κ1) is 60.1. The lowest BCUT2D eigenvalue weighted by Gasteiger charge is -2.15. The van der Waals surface area contributed by atoms with E-state index in [4.69, 9.17) is 9.47 Å². The third-order valence-corrected chi connectivity index (χ3v) is 12.4. The molecule has 0 radical (unpaired) electrons. The van der Waals surface area contributed by atoms with E-state index in [9.17, 15) is 14.7 Å². The number of carbonyl (C=O) groups is 2. The fourth-order valence-corrected chi connectivity index (χ4v) is 8.23. The molecule has 0 aromatic rings. The van der Waals surface area contributed by atoms with E-state index in [2.05, 4.69) is 50.3 Å². The number of aliphatic hydroxyl groups excluding tert-OH is 1. The van der Waals surface area contributed by atoms with Crippen molar-refractivity contribution >= 4 is 11.9 Å². The van der Waals surface area contributed by atoms with Gasteiger partial charge in [0.25, 0.3) is 0 Å². The Balaban J connectivity index is 3.40.